The number of carbonyl (C=O) groups is 3. The Bertz CT molecular complexity index is 946. The molecule has 2 saturated heterocycles. The highest BCUT2D eigenvalue weighted by Gasteiger charge is 2.30. The van der Waals surface area contributed by atoms with Gasteiger partial charge in [-0.3, -0.25) is 14.5 Å². The standard InChI is InChI=1S/C46H84N2O5/c1-4-6-8-10-12-20-28-45(27-19-9-7-5-2)53-46(51)29-21-13-11-16-25-37-52-40-43-38-42(39-48(43)35-24-17-18-26-41(3)49)30-31-44(50)32-36-47-33-22-14-15-23-34-47/h30-31,42-43,45H,4-29,32-40H2,1-3H3/t42-,43-,45?/m0/s1. The molecule has 2 fully saturated rings. The molecule has 0 aromatic rings. The van der Waals surface area contributed by atoms with Crippen LogP contribution in [0, 0.1) is 5.92 Å². The van der Waals surface area contributed by atoms with Crippen LogP contribution < -0.4 is 0 Å². The van der Waals surface area contributed by atoms with Gasteiger partial charge in [-0.05, 0) is 109 Å². The molecule has 0 N–H and O–H groups in total. The summed E-state index contributed by atoms with van der Waals surface area (Å²) in [6, 6.07) is 0.382. The summed E-state index contributed by atoms with van der Waals surface area (Å²) >= 11 is 0. The van der Waals surface area contributed by atoms with Crippen LogP contribution in [-0.4, -0.2) is 85.4 Å². The Kier molecular flexibility index (Phi) is 29.3. The number of nitrogens with zero attached hydrogens (tertiary/aromatic N) is 2. The molecule has 0 aromatic heterocycles. The largest absolute Gasteiger partial charge is 0.462 e. The molecule has 7 heteroatoms. The van der Waals surface area contributed by atoms with Crippen molar-refractivity contribution in [2.45, 2.75) is 213 Å². The molecule has 1 unspecified atom stereocenters. The first kappa shape index (κ1) is 47.6. The van der Waals surface area contributed by atoms with Crippen LogP contribution in [0.5, 0.6) is 0 Å². The summed E-state index contributed by atoms with van der Waals surface area (Å²) in [5, 5.41) is 0. The van der Waals surface area contributed by atoms with Gasteiger partial charge in [0.25, 0.3) is 0 Å². The molecule has 2 rings (SSSR count). The third-order valence-electron chi connectivity index (χ3n) is 11.5. The molecule has 0 amide bonds. The predicted octanol–water partition coefficient (Wildman–Crippen LogP) is 11.2. The van der Waals surface area contributed by atoms with Crippen LogP contribution >= 0.6 is 0 Å². The predicted molar refractivity (Wildman–Crippen MR) is 221 cm³/mol. The number of esters is 1. The van der Waals surface area contributed by atoms with E-state index in [1.165, 1.54) is 89.9 Å². The fourth-order valence-electron chi connectivity index (χ4n) is 8.11. The van der Waals surface area contributed by atoms with Crippen LogP contribution in [-0.2, 0) is 23.9 Å². The van der Waals surface area contributed by atoms with Crippen LogP contribution in [0.3, 0.4) is 0 Å². The van der Waals surface area contributed by atoms with Gasteiger partial charge in [-0.1, -0.05) is 110 Å². The van der Waals surface area contributed by atoms with Crippen molar-refractivity contribution in [3.05, 3.63) is 12.2 Å². The Labute approximate surface area is 327 Å². The van der Waals surface area contributed by atoms with Crippen LogP contribution in [0.1, 0.15) is 201 Å². The second-order valence-electron chi connectivity index (χ2n) is 16.6. The zero-order valence-electron chi connectivity index (χ0n) is 35.1. The molecule has 2 aliphatic heterocycles. The average Bonchev–Trinajstić information content (AvgIpc) is 3.33. The van der Waals surface area contributed by atoms with Crippen molar-refractivity contribution in [1.29, 1.82) is 0 Å². The van der Waals surface area contributed by atoms with Gasteiger partial charge in [0, 0.05) is 45.0 Å². The maximum absolute atomic E-state index is 12.7. The van der Waals surface area contributed by atoms with E-state index in [-0.39, 0.29) is 23.6 Å². The monoisotopic (exact) mass is 745 g/mol. The van der Waals surface area contributed by atoms with Crippen molar-refractivity contribution >= 4 is 17.5 Å². The highest BCUT2D eigenvalue weighted by Crippen LogP contribution is 2.26. The zero-order chi connectivity index (χ0) is 38.2. The molecule has 2 aliphatic rings. The number of allylic oxidation sites excluding steroid dienone is 1. The minimum Gasteiger partial charge on any atom is -0.462 e. The molecule has 53 heavy (non-hydrogen) atoms. The number of ketones is 2. The number of Topliss-reactive ketones (excluding diaryl/α,β-unsaturated/α-hetero) is 1. The summed E-state index contributed by atoms with van der Waals surface area (Å²) in [6.45, 7) is 12.9. The summed E-state index contributed by atoms with van der Waals surface area (Å²) in [6.07, 6.45) is 35.3. The molecule has 308 valence electrons. The van der Waals surface area contributed by atoms with E-state index in [1.54, 1.807) is 6.92 Å². The van der Waals surface area contributed by atoms with E-state index < -0.39 is 0 Å². The van der Waals surface area contributed by atoms with Crippen LogP contribution in [0.25, 0.3) is 0 Å². The number of carbonyl (C=O) groups excluding carboxylic acids is 3. The second kappa shape index (κ2) is 32.7. The van der Waals surface area contributed by atoms with E-state index in [2.05, 4.69) is 29.7 Å². The SMILES string of the molecule is CCCCCCCCC(CCCCCC)OC(=O)CCCCCCCOC[C@@H]1C[C@H](C=CC(=O)CCN2CCCCCC2)CN1CCCCCC(C)=O. The first-order valence-corrected chi connectivity index (χ1v) is 22.8. The molecule has 3 atom stereocenters. The molecule has 0 aromatic carbocycles. The van der Waals surface area contributed by atoms with Gasteiger partial charge in [-0.2, -0.15) is 0 Å². The molecule has 0 saturated carbocycles. The van der Waals surface area contributed by atoms with Crippen LogP contribution in [0.15, 0.2) is 12.2 Å². The van der Waals surface area contributed by atoms with Gasteiger partial charge < -0.3 is 19.2 Å². The summed E-state index contributed by atoms with van der Waals surface area (Å²) in [5.74, 6) is 0.931. The Morgan fingerprint density at radius 3 is 1.98 bits per heavy atom. The first-order valence-electron chi connectivity index (χ1n) is 22.8. The fraction of sp³-hybridized carbons (Fsp3) is 0.891. The number of ether oxygens (including phenoxy) is 2. The van der Waals surface area contributed by atoms with E-state index in [4.69, 9.17) is 9.47 Å². The van der Waals surface area contributed by atoms with Crippen molar-refractivity contribution in [3.63, 3.8) is 0 Å². The number of hydrogen-bond donors (Lipinski definition) is 0. The maximum Gasteiger partial charge on any atom is 0.306 e. The molecular formula is C46H84N2O5. The van der Waals surface area contributed by atoms with Crippen LogP contribution in [0.2, 0.25) is 0 Å². The fourth-order valence-corrected chi connectivity index (χ4v) is 8.11. The van der Waals surface area contributed by atoms with Crippen molar-refractivity contribution < 1.29 is 23.9 Å². The smallest absolute Gasteiger partial charge is 0.306 e. The third-order valence-corrected chi connectivity index (χ3v) is 11.5. The highest BCUT2D eigenvalue weighted by atomic mass is 16.5. The third kappa shape index (κ3) is 26.0. The lowest BCUT2D eigenvalue weighted by Crippen LogP contribution is -2.34. The molecular weight excluding hydrogens is 661 g/mol. The summed E-state index contributed by atoms with van der Waals surface area (Å²) < 4.78 is 12.2. The lowest BCUT2D eigenvalue weighted by atomic mass is 10.0. The van der Waals surface area contributed by atoms with Crippen molar-refractivity contribution in [2.75, 3.05) is 45.9 Å². The quantitative estimate of drug-likeness (QED) is 0.0369. The maximum atomic E-state index is 12.7. The average molecular weight is 745 g/mol. The first-order chi connectivity index (χ1) is 25.9. The Morgan fingerprint density at radius 1 is 0.679 bits per heavy atom. The van der Waals surface area contributed by atoms with Crippen molar-refractivity contribution in [1.82, 2.24) is 9.80 Å². The molecule has 0 spiro atoms. The Morgan fingerprint density at radius 2 is 1.28 bits per heavy atom. The lowest BCUT2D eigenvalue weighted by Gasteiger charge is -2.24. The van der Waals surface area contributed by atoms with Gasteiger partial charge in [0.05, 0.1) is 6.61 Å². The van der Waals surface area contributed by atoms with Gasteiger partial charge in [-0.15, -0.1) is 0 Å². The van der Waals surface area contributed by atoms with E-state index >= 15 is 0 Å². The van der Waals surface area contributed by atoms with E-state index in [1.807, 2.05) is 6.08 Å². The van der Waals surface area contributed by atoms with E-state index in [0.29, 0.717) is 31.2 Å². The number of rotatable bonds is 34. The van der Waals surface area contributed by atoms with Gasteiger partial charge in [0.15, 0.2) is 5.78 Å². The summed E-state index contributed by atoms with van der Waals surface area (Å²) in [7, 11) is 0. The molecule has 7 nitrogen and oxygen atoms in total. The lowest BCUT2D eigenvalue weighted by molar-refractivity contribution is -0.150. The van der Waals surface area contributed by atoms with E-state index in [9.17, 15) is 14.4 Å². The van der Waals surface area contributed by atoms with Gasteiger partial charge in [-0.25, -0.2) is 0 Å². The molecule has 2 heterocycles. The molecule has 0 radical (unpaired) electrons. The van der Waals surface area contributed by atoms with Gasteiger partial charge in [0.2, 0.25) is 0 Å². The second-order valence-corrected chi connectivity index (χ2v) is 16.6. The molecule has 0 aliphatic carbocycles. The van der Waals surface area contributed by atoms with Gasteiger partial charge in [0.1, 0.15) is 11.9 Å². The zero-order valence-corrected chi connectivity index (χ0v) is 35.1. The minimum atomic E-state index is 0.00474. The van der Waals surface area contributed by atoms with Crippen molar-refractivity contribution in [3.8, 4) is 0 Å². The van der Waals surface area contributed by atoms with Crippen molar-refractivity contribution in [2.24, 2.45) is 5.92 Å². The Hall–Kier alpha value is -1.57. The summed E-state index contributed by atoms with van der Waals surface area (Å²) in [5.41, 5.74) is 0. The highest BCUT2D eigenvalue weighted by molar-refractivity contribution is 5.89. The van der Waals surface area contributed by atoms with Gasteiger partial charge >= 0.3 is 5.97 Å². The summed E-state index contributed by atoms with van der Waals surface area (Å²) in [4.78, 5) is 41.8. The van der Waals surface area contributed by atoms with E-state index in [0.717, 1.165) is 117 Å². The number of hydrogen-bond acceptors (Lipinski definition) is 7. The minimum absolute atomic E-state index is 0.00474. The van der Waals surface area contributed by atoms with Crippen LogP contribution in [0.4, 0.5) is 0 Å². The topological polar surface area (TPSA) is 76.2 Å². The normalized spacial score (nSPS) is 19.2. The molecule has 0 bridgehead atoms. The Balaban J connectivity index is 1.64. The number of unbranched alkanes of at least 4 members (excludes halogenated alkanes) is 14. The number of likely N-dealkylation sites (tertiary alicyclic amines) is 2.